The summed E-state index contributed by atoms with van der Waals surface area (Å²) in [7, 11) is 0. The van der Waals surface area contributed by atoms with Gasteiger partial charge in [-0.25, -0.2) is 0 Å². The van der Waals surface area contributed by atoms with Crippen molar-refractivity contribution in [2.45, 2.75) is 110 Å². The molecule has 0 bridgehead atoms. The molecule has 0 aromatic heterocycles. The topological polar surface area (TPSA) is 43.4 Å². The lowest BCUT2D eigenvalue weighted by Crippen LogP contribution is -2.31. The van der Waals surface area contributed by atoms with E-state index in [1.54, 1.807) is 0 Å². The summed E-state index contributed by atoms with van der Waals surface area (Å²) in [6, 6.07) is 8.71. The summed E-state index contributed by atoms with van der Waals surface area (Å²) >= 11 is 0. The van der Waals surface area contributed by atoms with E-state index in [1.165, 1.54) is 37.7 Å². The van der Waals surface area contributed by atoms with Crippen LogP contribution in [0.5, 0.6) is 5.75 Å². The second-order valence-corrected chi connectivity index (χ2v) is 10.5. The molecule has 32 heavy (non-hydrogen) atoms. The number of rotatable bonds is 12. The molecule has 3 heteroatoms. The van der Waals surface area contributed by atoms with Crippen LogP contribution in [0.25, 0.3) is 0 Å². The Morgan fingerprint density at radius 2 is 1.59 bits per heavy atom. The van der Waals surface area contributed by atoms with Gasteiger partial charge >= 0.3 is 0 Å². The minimum absolute atomic E-state index is 0.196. The number of benzene rings is 1. The van der Waals surface area contributed by atoms with Crippen molar-refractivity contribution in [2.24, 2.45) is 17.8 Å². The van der Waals surface area contributed by atoms with E-state index in [2.05, 4.69) is 38.1 Å². The van der Waals surface area contributed by atoms with Crippen LogP contribution in [0, 0.1) is 17.8 Å². The Balaban J connectivity index is 1.35. The predicted molar refractivity (Wildman–Crippen MR) is 131 cm³/mol. The minimum Gasteiger partial charge on any atom is -0.494 e. The average Bonchev–Trinajstić information content (AvgIpc) is 2.79. The molecule has 1 aromatic rings. The quantitative estimate of drug-likeness (QED) is 0.247. The SMILES string of the molecule is CCCCCCCCOc1ccc(C2CCC(CC(=O)C3CCC(C)CC3=O)CC2)cc1. The summed E-state index contributed by atoms with van der Waals surface area (Å²) in [5.41, 5.74) is 1.40. The van der Waals surface area contributed by atoms with Crippen LogP contribution in [0.4, 0.5) is 0 Å². The number of carbonyl (C=O) groups is 2. The number of hydrogen-bond acceptors (Lipinski definition) is 3. The highest BCUT2D eigenvalue weighted by molar-refractivity contribution is 6.02. The van der Waals surface area contributed by atoms with Crippen LogP contribution in [0.15, 0.2) is 24.3 Å². The highest BCUT2D eigenvalue weighted by Gasteiger charge is 2.33. The van der Waals surface area contributed by atoms with Gasteiger partial charge in [-0.05, 0) is 80.4 Å². The molecule has 2 fully saturated rings. The Labute approximate surface area is 195 Å². The molecule has 0 amide bonds. The van der Waals surface area contributed by atoms with Gasteiger partial charge in [0.05, 0.1) is 12.5 Å². The van der Waals surface area contributed by atoms with E-state index in [-0.39, 0.29) is 17.5 Å². The molecular formula is C29H44O3. The Bertz CT molecular complexity index is 700. The summed E-state index contributed by atoms with van der Waals surface area (Å²) in [6.45, 7) is 5.18. The third-order valence-corrected chi connectivity index (χ3v) is 7.73. The van der Waals surface area contributed by atoms with E-state index in [0.717, 1.165) is 57.3 Å². The lowest BCUT2D eigenvalue weighted by Gasteiger charge is -2.30. The summed E-state index contributed by atoms with van der Waals surface area (Å²) < 4.78 is 5.92. The molecule has 0 spiro atoms. The maximum absolute atomic E-state index is 12.7. The van der Waals surface area contributed by atoms with Gasteiger partial charge in [0.1, 0.15) is 17.3 Å². The van der Waals surface area contributed by atoms with Crippen LogP contribution >= 0.6 is 0 Å². The van der Waals surface area contributed by atoms with Crippen molar-refractivity contribution >= 4 is 11.6 Å². The standard InChI is InChI=1S/C29H44O3/c1-3-4-5-6-7-8-19-32-26-16-14-25(15-17-26)24-12-10-23(11-13-24)21-29(31)27-18-9-22(2)20-28(27)30/h14-17,22-24,27H,3-13,18-21H2,1-2H3. The zero-order valence-electron chi connectivity index (χ0n) is 20.5. The number of ketones is 2. The number of ether oxygens (including phenoxy) is 1. The first-order chi connectivity index (χ1) is 15.6. The first-order valence-electron chi connectivity index (χ1n) is 13.3. The third-order valence-electron chi connectivity index (χ3n) is 7.73. The minimum atomic E-state index is -0.298. The molecule has 0 aliphatic heterocycles. The summed E-state index contributed by atoms with van der Waals surface area (Å²) in [5.74, 6) is 2.60. The van der Waals surface area contributed by atoms with E-state index in [0.29, 0.717) is 30.6 Å². The van der Waals surface area contributed by atoms with E-state index >= 15 is 0 Å². The van der Waals surface area contributed by atoms with Gasteiger partial charge < -0.3 is 4.74 Å². The lowest BCUT2D eigenvalue weighted by molar-refractivity contribution is -0.135. The smallest absolute Gasteiger partial charge is 0.143 e. The van der Waals surface area contributed by atoms with Crippen LogP contribution in [-0.4, -0.2) is 18.2 Å². The molecule has 178 valence electrons. The Morgan fingerprint density at radius 1 is 0.906 bits per heavy atom. The molecule has 3 nitrogen and oxygen atoms in total. The van der Waals surface area contributed by atoms with Crippen molar-refractivity contribution in [2.75, 3.05) is 6.61 Å². The summed E-state index contributed by atoms with van der Waals surface area (Å²) in [5, 5.41) is 0. The van der Waals surface area contributed by atoms with Gasteiger partial charge in [0.25, 0.3) is 0 Å². The molecule has 2 atom stereocenters. The van der Waals surface area contributed by atoms with Crippen molar-refractivity contribution < 1.29 is 14.3 Å². The Kier molecular flexibility index (Phi) is 10.3. The maximum Gasteiger partial charge on any atom is 0.143 e. The molecule has 2 aliphatic carbocycles. The highest BCUT2D eigenvalue weighted by Crippen LogP contribution is 2.38. The Morgan fingerprint density at radius 3 is 2.28 bits per heavy atom. The predicted octanol–water partition coefficient (Wildman–Crippen LogP) is 7.66. The Hall–Kier alpha value is -1.64. The molecule has 2 saturated carbocycles. The van der Waals surface area contributed by atoms with Crippen LogP contribution < -0.4 is 4.74 Å². The normalized spacial score (nSPS) is 26.1. The van der Waals surface area contributed by atoms with Crippen LogP contribution in [0.2, 0.25) is 0 Å². The van der Waals surface area contributed by atoms with E-state index < -0.39 is 0 Å². The molecule has 0 saturated heterocycles. The van der Waals surface area contributed by atoms with Crippen molar-refractivity contribution in [3.8, 4) is 5.75 Å². The van der Waals surface area contributed by atoms with E-state index in [4.69, 9.17) is 4.74 Å². The fraction of sp³-hybridized carbons (Fsp3) is 0.724. The second kappa shape index (κ2) is 13.2. The molecule has 2 unspecified atom stereocenters. The van der Waals surface area contributed by atoms with Gasteiger partial charge in [-0.3, -0.25) is 9.59 Å². The monoisotopic (exact) mass is 440 g/mol. The molecule has 0 N–H and O–H groups in total. The summed E-state index contributed by atoms with van der Waals surface area (Å²) in [6.07, 6.45) is 15.2. The van der Waals surface area contributed by atoms with Gasteiger partial charge in [-0.15, -0.1) is 0 Å². The molecular weight excluding hydrogens is 396 g/mol. The second-order valence-electron chi connectivity index (χ2n) is 10.5. The largest absolute Gasteiger partial charge is 0.494 e. The van der Waals surface area contributed by atoms with Crippen molar-refractivity contribution in [1.29, 1.82) is 0 Å². The number of Topliss-reactive ketones (excluding diaryl/α,β-unsaturated/α-hetero) is 2. The first kappa shape index (κ1) is 25.0. The molecule has 0 heterocycles. The highest BCUT2D eigenvalue weighted by atomic mass is 16.5. The maximum atomic E-state index is 12.7. The van der Waals surface area contributed by atoms with Crippen LogP contribution in [0.1, 0.15) is 115 Å². The van der Waals surface area contributed by atoms with Gasteiger partial charge in [-0.2, -0.15) is 0 Å². The van der Waals surface area contributed by atoms with Gasteiger partial charge in [0.2, 0.25) is 0 Å². The third kappa shape index (κ3) is 7.74. The molecule has 1 aromatic carbocycles. The van der Waals surface area contributed by atoms with E-state index in [1.807, 2.05) is 0 Å². The summed E-state index contributed by atoms with van der Waals surface area (Å²) in [4.78, 5) is 25.0. The fourth-order valence-corrected chi connectivity index (χ4v) is 5.58. The zero-order chi connectivity index (χ0) is 22.8. The molecule has 2 aliphatic rings. The fourth-order valence-electron chi connectivity index (χ4n) is 5.58. The van der Waals surface area contributed by atoms with Crippen LogP contribution in [0.3, 0.4) is 0 Å². The van der Waals surface area contributed by atoms with Crippen LogP contribution in [-0.2, 0) is 9.59 Å². The van der Waals surface area contributed by atoms with E-state index in [9.17, 15) is 9.59 Å². The van der Waals surface area contributed by atoms with Gasteiger partial charge in [0, 0.05) is 12.8 Å². The number of hydrogen-bond donors (Lipinski definition) is 0. The van der Waals surface area contributed by atoms with Gasteiger partial charge in [-0.1, -0.05) is 58.1 Å². The van der Waals surface area contributed by atoms with Gasteiger partial charge in [0.15, 0.2) is 0 Å². The van der Waals surface area contributed by atoms with Crippen molar-refractivity contribution in [3.05, 3.63) is 29.8 Å². The lowest BCUT2D eigenvalue weighted by atomic mass is 9.73. The van der Waals surface area contributed by atoms with Crippen molar-refractivity contribution in [3.63, 3.8) is 0 Å². The van der Waals surface area contributed by atoms with Crippen molar-refractivity contribution in [1.82, 2.24) is 0 Å². The number of unbranched alkanes of at least 4 members (excludes halogenated alkanes) is 5. The molecule has 0 radical (unpaired) electrons. The molecule has 3 rings (SSSR count). The number of carbonyl (C=O) groups excluding carboxylic acids is 2. The first-order valence-corrected chi connectivity index (χ1v) is 13.3. The average molecular weight is 441 g/mol. The zero-order valence-corrected chi connectivity index (χ0v) is 20.5.